The first-order chi connectivity index (χ1) is 9.20. The third-order valence-electron chi connectivity index (χ3n) is 3.29. The predicted octanol–water partition coefficient (Wildman–Crippen LogP) is 1.63. The molecule has 1 fully saturated rings. The van der Waals surface area contributed by atoms with Gasteiger partial charge in [-0.25, -0.2) is 0 Å². The van der Waals surface area contributed by atoms with E-state index in [1.54, 1.807) is 0 Å². The Balaban J connectivity index is 1.85. The smallest absolute Gasteiger partial charge is 0.256 e. The van der Waals surface area contributed by atoms with Crippen molar-refractivity contribution in [3.05, 3.63) is 11.7 Å². The second kappa shape index (κ2) is 6.65. The molecule has 0 aromatic carbocycles. The first-order valence-electron chi connectivity index (χ1n) is 6.91. The van der Waals surface area contributed by atoms with Gasteiger partial charge in [-0.2, -0.15) is 4.98 Å². The van der Waals surface area contributed by atoms with Gasteiger partial charge in [-0.05, 0) is 18.8 Å². The Morgan fingerprint density at radius 2 is 2.37 bits per heavy atom. The summed E-state index contributed by atoms with van der Waals surface area (Å²) in [6.45, 7) is 5.60. The van der Waals surface area contributed by atoms with Crippen LogP contribution in [0.25, 0.3) is 0 Å². The fourth-order valence-corrected chi connectivity index (χ4v) is 2.08. The molecular formula is C13H21N3O3. The lowest BCUT2D eigenvalue weighted by Gasteiger charge is -2.07. The number of nitrogens with zero attached hydrogens (tertiary/aromatic N) is 2. The standard InChI is InChI=1S/C13H21N3O3/c1-3-4-6-14-11(17)8-10-15-13(19-16-10)12-9(2)5-7-18-12/h9,12H,3-8H2,1-2H3,(H,14,17). The Kier molecular flexibility index (Phi) is 4.90. The molecule has 1 aromatic heterocycles. The maximum Gasteiger partial charge on any atom is 0.256 e. The Morgan fingerprint density at radius 3 is 3.05 bits per heavy atom. The number of nitrogens with one attached hydrogen (secondary N) is 1. The number of ether oxygens (including phenoxy) is 1. The van der Waals surface area contributed by atoms with Gasteiger partial charge in [0.25, 0.3) is 5.89 Å². The van der Waals surface area contributed by atoms with Crippen molar-refractivity contribution in [2.75, 3.05) is 13.2 Å². The van der Waals surface area contributed by atoms with Crippen molar-refractivity contribution in [1.82, 2.24) is 15.5 Å². The van der Waals surface area contributed by atoms with E-state index in [0.29, 0.717) is 24.2 Å². The normalized spacial score (nSPS) is 22.6. The molecule has 19 heavy (non-hydrogen) atoms. The molecule has 0 saturated carbocycles. The fourth-order valence-electron chi connectivity index (χ4n) is 2.08. The molecule has 2 unspecified atom stereocenters. The van der Waals surface area contributed by atoms with Crippen molar-refractivity contribution in [3.63, 3.8) is 0 Å². The predicted molar refractivity (Wildman–Crippen MR) is 68.4 cm³/mol. The molecule has 106 valence electrons. The Labute approximate surface area is 112 Å². The van der Waals surface area contributed by atoms with Crippen LogP contribution in [0.2, 0.25) is 0 Å². The largest absolute Gasteiger partial charge is 0.368 e. The van der Waals surface area contributed by atoms with Crippen LogP contribution in [0.5, 0.6) is 0 Å². The molecule has 1 aromatic rings. The second-order valence-electron chi connectivity index (χ2n) is 4.99. The summed E-state index contributed by atoms with van der Waals surface area (Å²) in [5.41, 5.74) is 0. The summed E-state index contributed by atoms with van der Waals surface area (Å²) in [5, 5.41) is 6.66. The molecule has 6 nitrogen and oxygen atoms in total. The minimum Gasteiger partial charge on any atom is -0.368 e. The van der Waals surface area contributed by atoms with Gasteiger partial charge in [-0.15, -0.1) is 0 Å². The van der Waals surface area contributed by atoms with Gasteiger partial charge in [0.05, 0.1) is 6.42 Å². The molecule has 1 amide bonds. The number of hydrogen-bond acceptors (Lipinski definition) is 5. The second-order valence-corrected chi connectivity index (χ2v) is 4.99. The highest BCUT2D eigenvalue weighted by Gasteiger charge is 2.30. The third kappa shape index (κ3) is 3.76. The fraction of sp³-hybridized carbons (Fsp3) is 0.769. The number of rotatable bonds is 6. The molecule has 6 heteroatoms. The van der Waals surface area contributed by atoms with Crippen LogP contribution in [0.3, 0.4) is 0 Å². The molecule has 0 aliphatic carbocycles. The zero-order chi connectivity index (χ0) is 13.7. The monoisotopic (exact) mass is 267 g/mol. The van der Waals surface area contributed by atoms with E-state index in [1.807, 2.05) is 0 Å². The van der Waals surface area contributed by atoms with E-state index in [1.165, 1.54) is 0 Å². The van der Waals surface area contributed by atoms with Crippen LogP contribution in [0.15, 0.2) is 4.52 Å². The maximum atomic E-state index is 11.6. The molecular weight excluding hydrogens is 246 g/mol. The van der Waals surface area contributed by atoms with Gasteiger partial charge in [0.2, 0.25) is 5.91 Å². The summed E-state index contributed by atoms with van der Waals surface area (Å²) in [4.78, 5) is 15.9. The molecule has 2 rings (SSSR count). The van der Waals surface area contributed by atoms with Gasteiger partial charge in [0.15, 0.2) is 5.82 Å². The summed E-state index contributed by atoms with van der Waals surface area (Å²) < 4.78 is 10.7. The number of unbranched alkanes of at least 4 members (excludes halogenated alkanes) is 1. The van der Waals surface area contributed by atoms with Gasteiger partial charge in [0.1, 0.15) is 6.10 Å². The molecule has 1 aliphatic heterocycles. The maximum absolute atomic E-state index is 11.6. The summed E-state index contributed by atoms with van der Waals surface area (Å²) >= 11 is 0. The number of hydrogen-bond donors (Lipinski definition) is 1. The molecule has 1 aliphatic rings. The van der Waals surface area contributed by atoms with Crippen molar-refractivity contribution in [2.45, 2.75) is 45.6 Å². The van der Waals surface area contributed by atoms with Crippen LogP contribution in [0.1, 0.15) is 50.9 Å². The third-order valence-corrected chi connectivity index (χ3v) is 3.29. The number of carbonyl (C=O) groups excluding carboxylic acids is 1. The molecule has 2 atom stereocenters. The summed E-state index contributed by atoms with van der Waals surface area (Å²) in [6, 6.07) is 0. The SMILES string of the molecule is CCCCNC(=O)Cc1noc(C2OCCC2C)n1. The van der Waals surface area contributed by atoms with Crippen LogP contribution < -0.4 is 5.32 Å². The van der Waals surface area contributed by atoms with Gasteiger partial charge < -0.3 is 14.6 Å². The minimum atomic E-state index is -0.121. The number of aromatic nitrogens is 2. The highest BCUT2D eigenvalue weighted by atomic mass is 16.5. The molecule has 2 heterocycles. The van der Waals surface area contributed by atoms with Crippen molar-refractivity contribution < 1.29 is 14.1 Å². The van der Waals surface area contributed by atoms with Crippen molar-refractivity contribution in [2.24, 2.45) is 5.92 Å². The van der Waals surface area contributed by atoms with Crippen LogP contribution in [-0.4, -0.2) is 29.2 Å². The number of amides is 1. The summed E-state index contributed by atoms with van der Waals surface area (Å²) in [6.07, 6.45) is 3.08. The lowest BCUT2D eigenvalue weighted by Crippen LogP contribution is -2.26. The van der Waals surface area contributed by atoms with Crippen LogP contribution in [-0.2, 0) is 16.0 Å². The Hall–Kier alpha value is -1.43. The van der Waals surface area contributed by atoms with Gasteiger partial charge in [0, 0.05) is 13.2 Å². The molecule has 1 saturated heterocycles. The van der Waals surface area contributed by atoms with E-state index in [2.05, 4.69) is 29.3 Å². The van der Waals surface area contributed by atoms with Crippen molar-refractivity contribution in [3.8, 4) is 0 Å². The molecule has 0 spiro atoms. The first kappa shape index (κ1) is 14.0. The van der Waals surface area contributed by atoms with Crippen LogP contribution in [0.4, 0.5) is 0 Å². The Morgan fingerprint density at radius 1 is 1.53 bits per heavy atom. The van der Waals surface area contributed by atoms with E-state index >= 15 is 0 Å². The molecule has 1 N–H and O–H groups in total. The Bertz CT molecular complexity index is 419. The van der Waals surface area contributed by atoms with E-state index in [-0.39, 0.29) is 18.4 Å². The van der Waals surface area contributed by atoms with Gasteiger partial charge in [-0.3, -0.25) is 4.79 Å². The molecule has 0 bridgehead atoms. The van der Waals surface area contributed by atoms with E-state index in [9.17, 15) is 4.79 Å². The summed E-state index contributed by atoms with van der Waals surface area (Å²) in [7, 11) is 0. The van der Waals surface area contributed by atoms with Crippen LogP contribution >= 0.6 is 0 Å². The quantitative estimate of drug-likeness (QED) is 0.793. The lowest BCUT2D eigenvalue weighted by atomic mass is 10.0. The van der Waals surface area contributed by atoms with E-state index in [0.717, 1.165) is 25.9 Å². The zero-order valence-electron chi connectivity index (χ0n) is 11.5. The summed E-state index contributed by atoms with van der Waals surface area (Å²) in [5.74, 6) is 1.22. The topological polar surface area (TPSA) is 77.2 Å². The van der Waals surface area contributed by atoms with Crippen molar-refractivity contribution in [1.29, 1.82) is 0 Å². The lowest BCUT2D eigenvalue weighted by molar-refractivity contribution is -0.120. The van der Waals surface area contributed by atoms with E-state index in [4.69, 9.17) is 9.26 Å². The average Bonchev–Trinajstić information content (AvgIpc) is 2.98. The highest BCUT2D eigenvalue weighted by molar-refractivity contribution is 5.77. The van der Waals surface area contributed by atoms with E-state index < -0.39 is 0 Å². The van der Waals surface area contributed by atoms with Crippen molar-refractivity contribution >= 4 is 5.91 Å². The van der Waals surface area contributed by atoms with Crippen LogP contribution in [0, 0.1) is 5.92 Å². The molecule has 0 radical (unpaired) electrons. The van der Waals surface area contributed by atoms with Gasteiger partial charge in [-0.1, -0.05) is 25.4 Å². The highest BCUT2D eigenvalue weighted by Crippen LogP contribution is 2.32. The minimum absolute atomic E-state index is 0.0683. The zero-order valence-corrected chi connectivity index (χ0v) is 11.5. The first-order valence-corrected chi connectivity index (χ1v) is 6.91. The average molecular weight is 267 g/mol. The van der Waals surface area contributed by atoms with Gasteiger partial charge >= 0.3 is 0 Å². The number of carbonyl (C=O) groups is 1.